The third kappa shape index (κ3) is 4.81. The lowest BCUT2D eigenvalue weighted by Crippen LogP contribution is -2.42. The first-order valence-electron chi connectivity index (χ1n) is 5.76. The molecule has 1 rings (SSSR count). The van der Waals surface area contributed by atoms with Gasteiger partial charge in [-0.1, -0.05) is 18.2 Å². The Labute approximate surface area is 102 Å². The molecule has 0 radical (unpaired) electrons. The Balaban J connectivity index is 2.49. The molecule has 0 amide bonds. The molecule has 0 saturated carbocycles. The molecule has 0 heterocycles. The van der Waals surface area contributed by atoms with Crippen molar-refractivity contribution < 1.29 is 14.2 Å². The second kappa shape index (κ2) is 7.37. The lowest BCUT2D eigenvalue weighted by atomic mass is 10.1. The summed E-state index contributed by atoms with van der Waals surface area (Å²) in [6, 6.07) is 6.71. The fraction of sp³-hybridized carbons (Fsp3) is 0.538. The number of benzene rings is 1. The van der Waals surface area contributed by atoms with E-state index in [1.54, 1.807) is 19.2 Å². The average Bonchev–Trinajstić information content (AvgIpc) is 2.31. The number of methoxy groups -OCH3 is 1. The van der Waals surface area contributed by atoms with Crippen LogP contribution in [0.1, 0.15) is 12.5 Å². The van der Waals surface area contributed by atoms with Crippen molar-refractivity contribution in [1.29, 1.82) is 0 Å². The fourth-order valence-electron chi connectivity index (χ4n) is 1.81. The Morgan fingerprint density at radius 2 is 2.12 bits per heavy atom. The van der Waals surface area contributed by atoms with Crippen molar-refractivity contribution in [3.8, 4) is 0 Å². The van der Waals surface area contributed by atoms with E-state index in [0.29, 0.717) is 18.6 Å². The van der Waals surface area contributed by atoms with Gasteiger partial charge in [0.25, 0.3) is 0 Å². The Morgan fingerprint density at radius 3 is 2.71 bits per heavy atom. The van der Waals surface area contributed by atoms with E-state index in [9.17, 15) is 4.39 Å². The van der Waals surface area contributed by atoms with Crippen molar-refractivity contribution in [3.05, 3.63) is 35.6 Å². The molecule has 0 saturated heterocycles. The summed E-state index contributed by atoms with van der Waals surface area (Å²) in [4.78, 5) is 0. The van der Waals surface area contributed by atoms with E-state index in [0.717, 1.165) is 0 Å². The van der Waals surface area contributed by atoms with Gasteiger partial charge >= 0.3 is 0 Å². The molecule has 0 fully saturated rings. The molecular weight excluding hydrogens is 221 g/mol. The smallest absolute Gasteiger partial charge is 0.126 e. The maximum Gasteiger partial charge on any atom is 0.126 e. The molecule has 2 N–H and O–H groups in total. The van der Waals surface area contributed by atoms with Crippen LogP contribution in [0.2, 0.25) is 0 Å². The minimum Gasteiger partial charge on any atom is -0.395 e. The summed E-state index contributed by atoms with van der Waals surface area (Å²) in [5, 5.41) is 12.3. The Bertz CT molecular complexity index is 333. The zero-order valence-corrected chi connectivity index (χ0v) is 10.3. The molecule has 0 aliphatic carbocycles. The minimum absolute atomic E-state index is 0.00938. The predicted molar refractivity (Wildman–Crippen MR) is 65.5 cm³/mol. The highest BCUT2D eigenvalue weighted by atomic mass is 19.1. The standard InChI is InChI=1S/C13H20FNO2/c1-10(15-12(8-16)9-17-2)7-11-5-3-4-6-13(11)14/h3-6,10,12,15-16H,7-9H2,1-2H3. The van der Waals surface area contributed by atoms with Gasteiger partial charge in [-0.15, -0.1) is 0 Å². The van der Waals surface area contributed by atoms with Crippen LogP contribution in [0.5, 0.6) is 0 Å². The molecule has 96 valence electrons. The van der Waals surface area contributed by atoms with Crippen molar-refractivity contribution in [2.75, 3.05) is 20.3 Å². The molecule has 0 spiro atoms. The van der Waals surface area contributed by atoms with Gasteiger partial charge in [0.1, 0.15) is 5.82 Å². The summed E-state index contributed by atoms with van der Waals surface area (Å²) < 4.78 is 18.4. The number of aliphatic hydroxyl groups is 1. The van der Waals surface area contributed by atoms with Crippen molar-refractivity contribution in [1.82, 2.24) is 5.32 Å². The van der Waals surface area contributed by atoms with Gasteiger partial charge in [-0.25, -0.2) is 4.39 Å². The summed E-state index contributed by atoms with van der Waals surface area (Å²) in [7, 11) is 1.59. The van der Waals surface area contributed by atoms with Crippen LogP contribution in [0.4, 0.5) is 4.39 Å². The molecule has 1 aromatic rings. The maximum absolute atomic E-state index is 13.4. The quantitative estimate of drug-likeness (QED) is 0.757. The molecule has 2 unspecified atom stereocenters. The highest BCUT2D eigenvalue weighted by Crippen LogP contribution is 2.09. The van der Waals surface area contributed by atoms with Crippen LogP contribution in [-0.2, 0) is 11.2 Å². The summed E-state index contributed by atoms with van der Waals surface area (Å²) in [6.07, 6.45) is 0.590. The lowest BCUT2D eigenvalue weighted by molar-refractivity contribution is 0.123. The van der Waals surface area contributed by atoms with Crippen LogP contribution < -0.4 is 5.32 Å². The van der Waals surface area contributed by atoms with Crippen LogP contribution in [0.15, 0.2) is 24.3 Å². The number of rotatable bonds is 7. The van der Waals surface area contributed by atoms with Crippen molar-refractivity contribution >= 4 is 0 Å². The molecule has 1 aromatic carbocycles. The first kappa shape index (κ1) is 14.1. The highest BCUT2D eigenvalue weighted by Gasteiger charge is 2.12. The molecule has 0 aliphatic rings. The summed E-state index contributed by atoms with van der Waals surface area (Å²) in [5.41, 5.74) is 0.682. The molecule has 0 bridgehead atoms. The van der Waals surface area contributed by atoms with E-state index in [2.05, 4.69) is 5.32 Å². The maximum atomic E-state index is 13.4. The van der Waals surface area contributed by atoms with Gasteiger partial charge in [0.05, 0.1) is 19.3 Å². The first-order valence-corrected chi connectivity index (χ1v) is 5.76. The van der Waals surface area contributed by atoms with Gasteiger partial charge in [0, 0.05) is 13.2 Å². The Kier molecular flexibility index (Phi) is 6.11. The summed E-state index contributed by atoms with van der Waals surface area (Å²) >= 11 is 0. The van der Waals surface area contributed by atoms with E-state index in [4.69, 9.17) is 9.84 Å². The third-order valence-electron chi connectivity index (χ3n) is 2.59. The summed E-state index contributed by atoms with van der Waals surface area (Å²) in [6.45, 7) is 2.42. The first-order chi connectivity index (χ1) is 8.17. The molecule has 0 aromatic heterocycles. The second-order valence-corrected chi connectivity index (χ2v) is 4.20. The predicted octanol–water partition coefficient (Wildman–Crippen LogP) is 1.35. The monoisotopic (exact) mass is 241 g/mol. The summed E-state index contributed by atoms with van der Waals surface area (Å²) in [5.74, 6) is -0.187. The van der Waals surface area contributed by atoms with Gasteiger partial charge in [-0.3, -0.25) is 0 Å². The number of hydrogen-bond acceptors (Lipinski definition) is 3. The van der Waals surface area contributed by atoms with Crippen molar-refractivity contribution in [2.45, 2.75) is 25.4 Å². The van der Waals surface area contributed by atoms with Gasteiger partial charge in [0.15, 0.2) is 0 Å². The number of nitrogens with one attached hydrogen (secondary N) is 1. The SMILES string of the molecule is COCC(CO)NC(C)Cc1ccccc1F. The van der Waals surface area contributed by atoms with Gasteiger partial charge < -0.3 is 15.2 Å². The number of halogens is 1. The van der Waals surface area contributed by atoms with Gasteiger partial charge in [-0.2, -0.15) is 0 Å². The Morgan fingerprint density at radius 1 is 1.41 bits per heavy atom. The second-order valence-electron chi connectivity index (χ2n) is 4.20. The molecular formula is C13H20FNO2. The molecule has 0 aliphatic heterocycles. The minimum atomic E-state index is -0.187. The fourth-order valence-corrected chi connectivity index (χ4v) is 1.81. The van der Waals surface area contributed by atoms with E-state index in [-0.39, 0.29) is 24.5 Å². The molecule has 3 nitrogen and oxygen atoms in total. The number of hydrogen-bond donors (Lipinski definition) is 2. The molecule has 4 heteroatoms. The third-order valence-corrected chi connectivity index (χ3v) is 2.59. The lowest BCUT2D eigenvalue weighted by Gasteiger charge is -2.21. The van der Waals surface area contributed by atoms with Crippen LogP contribution in [0, 0.1) is 5.82 Å². The van der Waals surface area contributed by atoms with E-state index < -0.39 is 0 Å². The highest BCUT2D eigenvalue weighted by molar-refractivity contribution is 5.18. The van der Waals surface area contributed by atoms with E-state index in [1.165, 1.54) is 6.07 Å². The Hall–Kier alpha value is -0.970. The average molecular weight is 241 g/mol. The zero-order valence-electron chi connectivity index (χ0n) is 10.3. The number of aliphatic hydroxyl groups excluding tert-OH is 1. The van der Waals surface area contributed by atoms with Crippen molar-refractivity contribution in [2.24, 2.45) is 0 Å². The van der Waals surface area contributed by atoms with Crippen LogP contribution in [0.25, 0.3) is 0 Å². The molecule has 17 heavy (non-hydrogen) atoms. The van der Waals surface area contributed by atoms with E-state index in [1.807, 2.05) is 13.0 Å². The van der Waals surface area contributed by atoms with Crippen LogP contribution in [0.3, 0.4) is 0 Å². The van der Waals surface area contributed by atoms with E-state index >= 15 is 0 Å². The zero-order chi connectivity index (χ0) is 12.7. The topological polar surface area (TPSA) is 41.5 Å². The van der Waals surface area contributed by atoms with Crippen LogP contribution in [-0.4, -0.2) is 37.5 Å². The largest absolute Gasteiger partial charge is 0.395 e. The number of ether oxygens (including phenoxy) is 1. The van der Waals surface area contributed by atoms with Gasteiger partial charge in [0.2, 0.25) is 0 Å². The normalized spacial score (nSPS) is 14.6. The van der Waals surface area contributed by atoms with Crippen LogP contribution >= 0.6 is 0 Å². The molecule has 2 atom stereocenters. The van der Waals surface area contributed by atoms with Crippen molar-refractivity contribution in [3.63, 3.8) is 0 Å². The van der Waals surface area contributed by atoms with Gasteiger partial charge in [-0.05, 0) is 25.0 Å².